The van der Waals surface area contributed by atoms with E-state index in [0.717, 1.165) is 11.1 Å². The summed E-state index contributed by atoms with van der Waals surface area (Å²) in [6, 6.07) is 12.7. The van der Waals surface area contributed by atoms with Crippen LogP contribution in [-0.4, -0.2) is 53.2 Å². The first-order chi connectivity index (χ1) is 15.6. The molecular formula is C24H31NO7S. The molecule has 8 nitrogen and oxygen atoms in total. The molecule has 9 heteroatoms. The normalized spacial score (nSPS) is 12.2. The topological polar surface area (TPSA) is 94.5 Å². The van der Waals surface area contributed by atoms with Crippen LogP contribution in [0.15, 0.2) is 48.5 Å². The molecule has 33 heavy (non-hydrogen) atoms. The molecule has 0 aliphatic carbocycles. The summed E-state index contributed by atoms with van der Waals surface area (Å²) in [6.45, 7) is 5.23. The van der Waals surface area contributed by atoms with Gasteiger partial charge in [-0.1, -0.05) is 24.3 Å². The molecule has 180 valence electrons. The van der Waals surface area contributed by atoms with E-state index >= 15 is 0 Å². The van der Waals surface area contributed by atoms with Crippen LogP contribution >= 0.6 is 11.8 Å². The Hall–Kier alpha value is -2.91. The van der Waals surface area contributed by atoms with Crippen LogP contribution < -0.4 is 4.74 Å². The molecule has 0 saturated carbocycles. The van der Waals surface area contributed by atoms with Gasteiger partial charge in [-0.2, -0.15) is 0 Å². The van der Waals surface area contributed by atoms with Gasteiger partial charge in [0, 0.05) is 6.42 Å². The van der Waals surface area contributed by atoms with Crippen LogP contribution in [0, 0.1) is 0 Å². The fourth-order valence-electron chi connectivity index (χ4n) is 2.80. The van der Waals surface area contributed by atoms with E-state index < -0.39 is 23.8 Å². The number of rotatable bonds is 10. The Kier molecular flexibility index (Phi) is 9.87. The zero-order valence-corrected chi connectivity index (χ0v) is 20.4. The van der Waals surface area contributed by atoms with Crippen LogP contribution in [0.4, 0.5) is 4.79 Å². The number of benzene rings is 2. The zero-order valence-electron chi connectivity index (χ0n) is 19.6. The number of aromatic hydroxyl groups is 1. The van der Waals surface area contributed by atoms with Crippen molar-refractivity contribution in [1.82, 2.24) is 5.06 Å². The molecule has 0 aliphatic rings. The van der Waals surface area contributed by atoms with E-state index in [0.29, 0.717) is 5.75 Å². The first kappa shape index (κ1) is 26.3. The van der Waals surface area contributed by atoms with Crippen LogP contribution in [0.2, 0.25) is 0 Å². The zero-order chi connectivity index (χ0) is 24.4. The van der Waals surface area contributed by atoms with Crippen molar-refractivity contribution < 1.29 is 33.7 Å². The highest BCUT2D eigenvalue weighted by Crippen LogP contribution is 2.19. The summed E-state index contributed by atoms with van der Waals surface area (Å²) in [7, 11) is 1.58. The van der Waals surface area contributed by atoms with Crippen molar-refractivity contribution in [1.29, 1.82) is 0 Å². The molecule has 0 aliphatic heterocycles. The Balaban J connectivity index is 2.20. The number of hydrogen-bond acceptors (Lipinski definition) is 9. The van der Waals surface area contributed by atoms with E-state index in [-0.39, 0.29) is 24.7 Å². The van der Waals surface area contributed by atoms with Gasteiger partial charge < -0.3 is 24.2 Å². The second kappa shape index (κ2) is 12.4. The van der Waals surface area contributed by atoms with Crippen molar-refractivity contribution in [2.45, 2.75) is 45.4 Å². The first-order valence-corrected chi connectivity index (χ1v) is 11.7. The van der Waals surface area contributed by atoms with Gasteiger partial charge in [0.25, 0.3) is 0 Å². The molecule has 0 heterocycles. The molecule has 2 rings (SSSR count). The summed E-state index contributed by atoms with van der Waals surface area (Å²) in [5.41, 5.74) is 0.804. The highest BCUT2D eigenvalue weighted by molar-refractivity contribution is 7.98. The summed E-state index contributed by atoms with van der Waals surface area (Å²) in [6.07, 6.45) is 1.12. The fraction of sp³-hybridized carbons (Fsp3) is 0.417. The number of thioether (sulfide) groups is 1. The molecule has 0 spiro atoms. The van der Waals surface area contributed by atoms with Gasteiger partial charge in [0.15, 0.2) is 0 Å². The highest BCUT2D eigenvalue weighted by atomic mass is 32.2. The molecule has 2 aromatic rings. The molecule has 0 saturated heterocycles. The lowest BCUT2D eigenvalue weighted by atomic mass is 10.1. The number of phenolic OH excluding ortho intramolecular Hbond substituents is 1. The Morgan fingerprint density at radius 3 is 2.18 bits per heavy atom. The number of carbonyl (C=O) groups is 2. The minimum absolute atomic E-state index is 0.0501. The van der Waals surface area contributed by atoms with Crippen molar-refractivity contribution in [2.24, 2.45) is 0 Å². The third-order valence-corrected chi connectivity index (χ3v) is 4.88. The smallest absolute Gasteiger partial charge is 0.508 e. The number of nitrogens with zero attached hydrogens (tertiary/aromatic N) is 1. The molecule has 0 radical (unpaired) electrons. The molecule has 0 aromatic heterocycles. The van der Waals surface area contributed by atoms with Crippen molar-refractivity contribution in [3.8, 4) is 11.5 Å². The lowest BCUT2D eigenvalue weighted by Gasteiger charge is -2.29. The summed E-state index contributed by atoms with van der Waals surface area (Å²) >= 11 is 1.38. The van der Waals surface area contributed by atoms with Gasteiger partial charge in [0.1, 0.15) is 29.7 Å². The Bertz CT molecular complexity index is 895. The van der Waals surface area contributed by atoms with E-state index in [1.54, 1.807) is 64.3 Å². The van der Waals surface area contributed by atoms with Crippen molar-refractivity contribution in [2.75, 3.05) is 19.2 Å². The molecule has 0 bridgehead atoms. The lowest BCUT2D eigenvalue weighted by Crippen LogP contribution is -2.45. The van der Waals surface area contributed by atoms with Crippen LogP contribution in [0.25, 0.3) is 0 Å². The summed E-state index contributed by atoms with van der Waals surface area (Å²) in [4.78, 5) is 30.8. The third-order valence-electron chi connectivity index (χ3n) is 4.36. The SMILES string of the molecule is COc1ccc(COC(=O)[C@@H](Cc2ccc(O)cc2)N(CSC)OC(=O)OC(C)(C)C)cc1. The van der Waals surface area contributed by atoms with Gasteiger partial charge in [-0.3, -0.25) is 4.79 Å². The fourth-order valence-corrected chi connectivity index (χ4v) is 3.29. The number of ether oxygens (including phenoxy) is 3. The average molecular weight is 478 g/mol. The maximum Gasteiger partial charge on any atom is 0.528 e. The highest BCUT2D eigenvalue weighted by Gasteiger charge is 2.32. The van der Waals surface area contributed by atoms with E-state index in [9.17, 15) is 14.7 Å². The van der Waals surface area contributed by atoms with Gasteiger partial charge in [0.2, 0.25) is 0 Å². The van der Waals surface area contributed by atoms with Gasteiger partial charge >= 0.3 is 12.1 Å². The van der Waals surface area contributed by atoms with Crippen LogP contribution in [-0.2, 0) is 32.1 Å². The minimum atomic E-state index is -0.923. The number of carbonyl (C=O) groups excluding carboxylic acids is 2. The molecule has 1 N–H and O–H groups in total. The molecule has 0 unspecified atom stereocenters. The molecular weight excluding hydrogens is 446 g/mol. The Labute approximate surface area is 198 Å². The Morgan fingerprint density at radius 2 is 1.64 bits per heavy atom. The second-order valence-corrected chi connectivity index (χ2v) is 9.07. The van der Waals surface area contributed by atoms with Gasteiger partial charge in [-0.05, 0) is 62.4 Å². The maximum atomic E-state index is 13.1. The first-order valence-electron chi connectivity index (χ1n) is 10.4. The number of hydroxylamine groups is 2. The summed E-state index contributed by atoms with van der Waals surface area (Å²) in [5, 5.41) is 10.8. The number of phenols is 1. The van der Waals surface area contributed by atoms with Crippen LogP contribution in [0.3, 0.4) is 0 Å². The minimum Gasteiger partial charge on any atom is -0.508 e. The Morgan fingerprint density at radius 1 is 1.03 bits per heavy atom. The van der Waals surface area contributed by atoms with E-state index in [2.05, 4.69) is 0 Å². The van der Waals surface area contributed by atoms with E-state index in [4.69, 9.17) is 19.0 Å². The average Bonchev–Trinajstić information content (AvgIpc) is 2.76. The molecule has 0 fully saturated rings. The van der Waals surface area contributed by atoms with Crippen molar-refractivity contribution in [3.63, 3.8) is 0 Å². The monoisotopic (exact) mass is 477 g/mol. The quantitative estimate of drug-likeness (QED) is 0.300. The van der Waals surface area contributed by atoms with Gasteiger partial charge in [0.05, 0.1) is 13.0 Å². The van der Waals surface area contributed by atoms with Gasteiger partial charge in [-0.25, -0.2) is 4.79 Å². The van der Waals surface area contributed by atoms with E-state index in [1.807, 2.05) is 6.26 Å². The van der Waals surface area contributed by atoms with Gasteiger partial charge in [-0.15, -0.1) is 16.8 Å². The standard InChI is InChI=1S/C24H31NO7S/c1-24(2,3)31-23(28)32-25(16-33-5)21(14-17-6-10-19(26)11-7-17)22(27)30-15-18-8-12-20(29-4)13-9-18/h6-13,21,26H,14-16H2,1-5H3/t21-/m1/s1. The largest absolute Gasteiger partial charge is 0.528 e. The number of esters is 1. The number of hydrogen-bond donors (Lipinski definition) is 1. The van der Waals surface area contributed by atoms with Crippen molar-refractivity contribution >= 4 is 23.9 Å². The molecule has 2 aromatic carbocycles. The lowest BCUT2D eigenvalue weighted by molar-refractivity contribution is -0.182. The molecule has 0 amide bonds. The maximum absolute atomic E-state index is 13.1. The van der Waals surface area contributed by atoms with Crippen molar-refractivity contribution in [3.05, 3.63) is 59.7 Å². The summed E-state index contributed by atoms with van der Waals surface area (Å²) in [5.74, 6) is 0.478. The van der Waals surface area contributed by atoms with Crippen LogP contribution in [0.1, 0.15) is 31.9 Å². The molecule has 1 atom stereocenters. The predicted molar refractivity (Wildman–Crippen MR) is 126 cm³/mol. The third kappa shape index (κ3) is 9.23. The predicted octanol–water partition coefficient (Wildman–Crippen LogP) is 4.54. The number of methoxy groups -OCH3 is 1. The van der Waals surface area contributed by atoms with Crippen LogP contribution in [0.5, 0.6) is 11.5 Å². The second-order valence-electron chi connectivity index (χ2n) is 8.23. The summed E-state index contributed by atoms with van der Waals surface area (Å²) < 4.78 is 16.0. The van der Waals surface area contributed by atoms with E-state index in [1.165, 1.54) is 29.0 Å².